The van der Waals surface area contributed by atoms with Gasteiger partial charge in [0.15, 0.2) is 0 Å². The van der Waals surface area contributed by atoms with Gasteiger partial charge >= 0.3 is 0 Å². The molecule has 0 radical (unpaired) electrons. The summed E-state index contributed by atoms with van der Waals surface area (Å²) in [6, 6.07) is 13.9. The number of anilines is 3. The van der Waals surface area contributed by atoms with E-state index in [0.717, 1.165) is 34.8 Å². The van der Waals surface area contributed by atoms with Crippen LogP contribution < -0.4 is 15.8 Å². The van der Waals surface area contributed by atoms with Crippen LogP contribution in [0.15, 0.2) is 42.5 Å². The van der Waals surface area contributed by atoms with E-state index in [2.05, 4.69) is 19.2 Å². The molecule has 3 heteroatoms. The molecule has 0 aliphatic carbocycles. The second kappa shape index (κ2) is 6.33. The first-order valence-corrected chi connectivity index (χ1v) is 6.99. The van der Waals surface area contributed by atoms with E-state index in [9.17, 15) is 0 Å². The molecule has 0 fully saturated rings. The highest BCUT2D eigenvalue weighted by molar-refractivity contribution is 5.69. The summed E-state index contributed by atoms with van der Waals surface area (Å²) in [6.07, 6.45) is 1.21. The van der Waals surface area contributed by atoms with Gasteiger partial charge in [0.25, 0.3) is 0 Å². The molecule has 3 nitrogen and oxygen atoms in total. The van der Waals surface area contributed by atoms with Crippen LogP contribution in [-0.2, 0) is 0 Å². The van der Waals surface area contributed by atoms with Crippen LogP contribution in [0, 0.1) is 6.92 Å². The molecule has 1 unspecified atom stereocenters. The quantitative estimate of drug-likeness (QED) is 0.786. The zero-order valence-electron chi connectivity index (χ0n) is 12.3. The average Bonchev–Trinajstić information content (AvgIpc) is 2.44. The maximum Gasteiger partial charge on any atom is 0.121 e. The Bertz CT molecular complexity index is 581. The second-order valence-corrected chi connectivity index (χ2v) is 5.01. The number of hydrogen-bond acceptors (Lipinski definition) is 3. The Labute approximate surface area is 120 Å². The van der Waals surface area contributed by atoms with Gasteiger partial charge in [0.1, 0.15) is 5.75 Å². The smallest absolute Gasteiger partial charge is 0.121 e. The molecule has 0 spiro atoms. The largest absolute Gasteiger partial charge is 0.491 e. The van der Waals surface area contributed by atoms with E-state index in [1.807, 2.05) is 49.4 Å². The number of ether oxygens (including phenoxy) is 1. The third-order valence-electron chi connectivity index (χ3n) is 3.40. The van der Waals surface area contributed by atoms with Crippen molar-refractivity contribution in [1.82, 2.24) is 0 Å². The van der Waals surface area contributed by atoms with Crippen LogP contribution in [0.2, 0.25) is 0 Å². The fraction of sp³-hybridized carbons (Fsp3) is 0.294. The van der Waals surface area contributed by atoms with Crippen molar-refractivity contribution in [3.8, 4) is 5.75 Å². The SMILES string of the molecule is CCC(C)Oc1cccc(Nc2cccc(N)c2C)c1. The number of nitrogens with one attached hydrogen (secondary N) is 1. The van der Waals surface area contributed by atoms with Crippen LogP contribution >= 0.6 is 0 Å². The lowest BCUT2D eigenvalue weighted by molar-refractivity contribution is 0.217. The predicted octanol–water partition coefficient (Wildman–Crippen LogP) is 4.50. The highest BCUT2D eigenvalue weighted by Crippen LogP contribution is 2.26. The van der Waals surface area contributed by atoms with Crippen molar-refractivity contribution < 1.29 is 4.74 Å². The first kappa shape index (κ1) is 14.3. The van der Waals surface area contributed by atoms with Gasteiger partial charge < -0.3 is 15.8 Å². The van der Waals surface area contributed by atoms with Crippen LogP contribution in [-0.4, -0.2) is 6.10 Å². The molecule has 2 rings (SSSR count). The second-order valence-electron chi connectivity index (χ2n) is 5.01. The Morgan fingerprint density at radius 3 is 2.70 bits per heavy atom. The topological polar surface area (TPSA) is 47.3 Å². The van der Waals surface area contributed by atoms with Gasteiger partial charge in [-0.15, -0.1) is 0 Å². The minimum Gasteiger partial charge on any atom is -0.491 e. The summed E-state index contributed by atoms with van der Waals surface area (Å²) in [5, 5.41) is 3.38. The molecule has 3 N–H and O–H groups in total. The Morgan fingerprint density at radius 2 is 1.95 bits per heavy atom. The molecular weight excluding hydrogens is 248 g/mol. The molecule has 0 bridgehead atoms. The van der Waals surface area contributed by atoms with E-state index < -0.39 is 0 Å². The summed E-state index contributed by atoms with van der Waals surface area (Å²) in [6.45, 7) is 6.20. The molecule has 0 aliphatic heterocycles. The van der Waals surface area contributed by atoms with Gasteiger partial charge in [0.05, 0.1) is 6.10 Å². The third-order valence-corrected chi connectivity index (χ3v) is 3.40. The zero-order chi connectivity index (χ0) is 14.5. The Balaban J connectivity index is 2.17. The molecule has 0 heterocycles. The molecule has 0 amide bonds. The lowest BCUT2D eigenvalue weighted by Gasteiger charge is -2.15. The van der Waals surface area contributed by atoms with Gasteiger partial charge in [-0.1, -0.05) is 19.1 Å². The molecule has 0 aromatic heterocycles. The molecular formula is C17H22N2O. The molecule has 106 valence electrons. The van der Waals surface area contributed by atoms with Crippen LogP contribution in [0.4, 0.5) is 17.1 Å². The fourth-order valence-electron chi connectivity index (χ4n) is 1.91. The predicted molar refractivity (Wildman–Crippen MR) is 85.7 cm³/mol. The van der Waals surface area contributed by atoms with Crippen molar-refractivity contribution in [3.63, 3.8) is 0 Å². The minimum atomic E-state index is 0.222. The Morgan fingerprint density at radius 1 is 1.20 bits per heavy atom. The highest BCUT2D eigenvalue weighted by Gasteiger charge is 2.04. The fourth-order valence-corrected chi connectivity index (χ4v) is 1.91. The average molecular weight is 270 g/mol. The summed E-state index contributed by atoms with van der Waals surface area (Å²) in [5.74, 6) is 0.880. The van der Waals surface area contributed by atoms with E-state index in [1.165, 1.54) is 0 Å². The van der Waals surface area contributed by atoms with Gasteiger partial charge in [-0.25, -0.2) is 0 Å². The maximum absolute atomic E-state index is 5.92. The summed E-state index contributed by atoms with van der Waals surface area (Å²) in [4.78, 5) is 0. The molecule has 0 saturated carbocycles. The molecule has 20 heavy (non-hydrogen) atoms. The van der Waals surface area contributed by atoms with Crippen molar-refractivity contribution in [1.29, 1.82) is 0 Å². The van der Waals surface area contributed by atoms with Crippen LogP contribution in [0.1, 0.15) is 25.8 Å². The lowest BCUT2D eigenvalue weighted by Crippen LogP contribution is -2.09. The van der Waals surface area contributed by atoms with Crippen LogP contribution in [0.25, 0.3) is 0 Å². The first-order valence-electron chi connectivity index (χ1n) is 6.99. The van der Waals surface area contributed by atoms with Crippen molar-refractivity contribution in [2.45, 2.75) is 33.3 Å². The van der Waals surface area contributed by atoms with E-state index >= 15 is 0 Å². The summed E-state index contributed by atoms with van der Waals surface area (Å²) >= 11 is 0. The highest BCUT2D eigenvalue weighted by atomic mass is 16.5. The first-order chi connectivity index (χ1) is 9.60. The molecule has 0 saturated heterocycles. The Kier molecular flexibility index (Phi) is 4.51. The number of hydrogen-bond donors (Lipinski definition) is 2. The number of nitrogen functional groups attached to an aromatic ring is 1. The summed E-state index contributed by atoms with van der Waals surface area (Å²) in [7, 11) is 0. The van der Waals surface area contributed by atoms with E-state index in [1.54, 1.807) is 0 Å². The normalized spacial score (nSPS) is 11.9. The van der Waals surface area contributed by atoms with E-state index in [4.69, 9.17) is 10.5 Å². The van der Waals surface area contributed by atoms with E-state index in [0.29, 0.717) is 0 Å². The van der Waals surface area contributed by atoms with Gasteiger partial charge in [0, 0.05) is 23.1 Å². The number of benzene rings is 2. The molecule has 2 aromatic rings. The van der Waals surface area contributed by atoms with Crippen LogP contribution in [0.5, 0.6) is 5.75 Å². The van der Waals surface area contributed by atoms with Crippen molar-refractivity contribution >= 4 is 17.1 Å². The van der Waals surface area contributed by atoms with Crippen molar-refractivity contribution in [3.05, 3.63) is 48.0 Å². The number of rotatable bonds is 5. The zero-order valence-corrected chi connectivity index (χ0v) is 12.3. The molecule has 2 aromatic carbocycles. The van der Waals surface area contributed by atoms with Gasteiger partial charge in [-0.3, -0.25) is 0 Å². The van der Waals surface area contributed by atoms with Gasteiger partial charge in [-0.2, -0.15) is 0 Å². The monoisotopic (exact) mass is 270 g/mol. The standard InChI is InChI=1S/C17H22N2O/c1-4-12(2)20-15-8-5-7-14(11-15)19-17-10-6-9-16(18)13(17)3/h5-12,19H,4,18H2,1-3H3. The van der Waals surface area contributed by atoms with Gasteiger partial charge in [-0.05, 0) is 50.1 Å². The van der Waals surface area contributed by atoms with Crippen molar-refractivity contribution in [2.24, 2.45) is 0 Å². The molecule has 0 aliphatic rings. The number of nitrogens with two attached hydrogens (primary N) is 1. The molecule has 1 atom stereocenters. The summed E-state index contributed by atoms with van der Waals surface area (Å²) < 4.78 is 5.83. The van der Waals surface area contributed by atoms with Crippen molar-refractivity contribution in [2.75, 3.05) is 11.1 Å². The maximum atomic E-state index is 5.92. The van der Waals surface area contributed by atoms with E-state index in [-0.39, 0.29) is 6.10 Å². The van der Waals surface area contributed by atoms with Crippen LogP contribution in [0.3, 0.4) is 0 Å². The third kappa shape index (κ3) is 3.44. The lowest BCUT2D eigenvalue weighted by atomic mass is 10.1. The Hall–Kier alpha value is -2.16. The van der Waals surface area contributed by atoms with Gasteiger partial charge in [0.2, 0.25) is 0 Å². The summed E-state index contributed by atoms with van der Waals surface area (Å²) in [5.41, 5.74) is 9.79. The minimum absolute atomic E-state index is 0.222.